The molecule has 0 spiro atoms. The molecule has 1 fully saturated rings. The average Bonchev–Trinajstić information content (AvgIpc) is 3.01. The van der Waals surface area contributed by atoms with Crippen LogP contribution in [-0.2, 0) is 20.6 Å². The zero-order valence-electron chi connectivity index (χ0n) is 15.5. The monoisotopic (exact) mass is 369 g/mol. The molecule has 27 heavy (non-hydrogen) atoms. The normalized spacial score (nSPS) is 16.2. The summed E-state index contributed by atoms with van der Waals surface area (Å²) >= 11 is 0. The predicted molar refractivity (Wildman–Crippen MR) is 103 cm³/mol. The van der Waals surface area contributed by atoms with Crippen LogP contribution in [0.2, 0.25) is 0 Å². The topological polar surface area (TPSA) is 85.0 Å². The first-order valence-corrected chi connectivity index (χ1v) is 9.13. The number of nitrogens with one attached hydrogen (secondary N) is 1. The Morgan fingerprint density at radius 3 is 2.48 bits per heavy atom. The predicted octanol–water partition coefficient (Wildman–Crippen LogP) is 0.564. The number of benzene rings is 1. The van der Waals surface area contributed by atoms with E-state index in [0.29, 0.717) is 12.2 Å². The van der Waals surface area contributed by atoms with E-state index in [1.807, 2.05) is 28.8 Å². The zero-order chi connectivity index (χ0) is 19.1. The Hall–Kier alpha value is -2.87. The van der Waals surface area contributed by atoms with Crippen molar-refractivity contribution >= 4 is 11.0 Å². The largest absolute Gasteiger partial charge is 0.330 e. The number of piperidine rings is 1. The highest BCUT2D eigenvalue weighted by molar-refractivity contribution is 5.75. The molecule has 3 aromatic rings. The first-order chi connectivity index (χ1) is 13.0. The van der Waals surface area contributed by atoms with Crippen molar-refractivity contribution in [2.45, 2.75) is 25.4 Å². The number of para-hydroxylation sites is 2. The molecule has 1 aliphatic rings. The number of likely N-dealkylation sites (tertiary alicyclic amines) is 1. The van der Waals surface area contributed by atoms with Crippen LogP contribution >= 0.6 is 0 Å². The third-order valence-corrected chi connectivity index (χ3v) is 5.56. The minimum absolute atomic E-state index is 0.0661. The summed E-state index contributed by atoms with van der Waals surface area (Å²) in [7, 11) is 3.17. The minimum atomic E-state index is -0.308. The van der Waals surface area contributed by atoms with Crippen molar-refractivity contribution in [2.24, 2.45) is 14.1 Å². The van der Waals surface area contributed by atoms with Crippen LogP contribution in [-0.4, -0.2) is 36.7 Å². The molecule has 0 atom stereocenters. The van der Waals surface area contributed by atoms with Gasteiger partial charge in [-0.2, -0.15) is 0 Å². The lowest BCUT2D eigenvalue weighted by Gasteiger charge is -2.32. The van der Waals surface area contributed by atoms with Gasteiger partial charge in [0.15, 0.2) is 0 Å². The van der Waals surface area contributed by atoms with Gasteiger partial charge in [0, 0.05) is 51.5 Å². The molecular formula is C19H23N5O3. The Bertz CT molecular complexity index is 1160. The summed E-state index contributed by atoms with van der Waals surface area (Å²) in [4.78, 5) is 41.5. The van der Waals surface area contributed by atoms with Gasteiger partial charge in [-0.1, -0.05) is 12.1 Å². The number of nitrogens with zero attached hydrogens (tertiary/aromatic N) is 4. The second kappa shape index (κ2) is 6.70. The summed E-state index contributed by atoms with van der Waals surface area (Å²) in [6.07, 6.45) is 1.70. The van der Waals surface area contributed by atoms with Crippen molar-refractivity contribution in [1.29, 1.82) is 0 Å². The maximum atomic E-state index is 12.4. The smallest absolute Gasteiger partial charge is 0.306 e. The van der Waals surface area contributed by atoms with Gasteiger partial charge in [0.05, 0.1) is 11.0 Å². The standard InChI is InChI=1S/C19H23N5O3/c1-21-14(11-17(25)22(2)19(21)27)12-23-9-7-13(8-10-23)24-16-6-4-3-5-15(16)20-18(24)26/h3-6,11,13H,7-10,12H2,1-2H3,(H,20,26). The fraction of sp³-hybridized carbons (Fsp3) is 0.421. The Balaban J connectivity index is 1.51. The highest BCUT2D eigenvalue weighted by Crippen LogP contribution is 2.25. The van der Waals surface area contributed by atoms with Gasteiger partial charge in [-0.25, -0.2) is 9.59 Å². The molecule has 0 radical (unpaired) electrons. The number of fused-ring (bicyclic) bond motifs is 1. The lowest BCUT2D eigenvalue weighted by molar-refractivity contribution is 0.176. The lowest BCUT2D eigenvalue weighted by atomic mass is 10.0. The van der Waals surface area contributed by atoms with E-state index in [1.54, 1.807) is 7.05 Å². The van der Waals surface area contributed by atoms with Gasteiger partial charge in [0.2, 0.25) is 0 Å². The number of aromatic nitrogens is 4. The summed E-state index contributed by atoms with van der Waals surface area (Å²) in [5.41, 5.74) is 1.86. The Labute approximate surface area is 155 Å². The van der Waals surface area contributed by atoms with Crippen LogP contribution in [0.4, 0.5) is 0 Å². The fourth-order valence-corrected chi connectivity index (χ4v) is 3.93. The van der Waals surface area contributed by atoms with E-state index in [0.717, 1.165) is 41.5 Å². The van der Waals surface area contributed by atoms with Crippen LogP contribution in [0.5, 0.6) is 0 Å². The van der Waals surface area contributed by atoms with Crippen LogP contribution in [0.25, 0.3) is 11.0 Å². The molecule has 0 saturated carbocycles. The summed E-state index contributed by atoms with van der Waals surface area (Å²) in [6, 6.07) is 9.42. The second-order valence-electron chi connectivity index (χ2n) is 7.20. The van der Waals surface area contributed by atoms with E-state index >= 15 is 0 Å². The van der Waals surface area contributed by atoms with Gasteiger partial charge < -0.3 is 4.98 Å². The molecule has 2 aromatic heterocycles. The molecular weight excluding hydrogens is 346 g/mol. The molecule has 8 nitrogen and oxygen atoms in total. The van der Waals surface area contributed by atoms with Crippen molar-refractivity contribution < 1.29 is 0 Å². The molecule has 0 amide bonds. The first kappa shape index (κ1) is 17.5. The van der Waals surface area contributed by atoms with Gasteiger partial charge in [0.25, 0.3) is 5.56 Å². The molecule has 1 aliphatic heterocycles. The van der Waals surface area contributed by atoms with Crippen molar-refractivity contribution in [3.05, 3.63) is 67.3 Å². The number of aromatic amines is 1. The van der Waals surface area contributed by atoms with E-state index in [-0.39, 0.29) is 23.0 Å². The molecule has 0 aliphatic carbocycles. The molecule has 0 unspecified atom stereocenters. The van der Waals surface area contributed by atoms with E-state index in [2.05, 4.69) is 9.88 Å². The van der Waals surface area contributed by atoms with Crippen molar-refractivity contribution in [2.75, 3.05) is 13.1 Å². The Morgan fingerprint density at radius 2 is 1.74 bits per heavy atom. The number of imidazole rings is 1. The molecule has 4 rings (SSSR count). The van der Waals surface area contributed by atoms with Crippen molar-refractivity contribution in [3.63, 3.8) is 0 Å². The number of H-pyrrole nitrogens is 1. The molecule has 142 valence electrons. The highest BCUT2D eigenvalue weighted by Gasteiger charge is 2.24. The maximum absolute atomic E-state index is 12.4. The van der Waals surface area contributed by atoms with E-state index in [1.165, 1.54) is 17.7 Å². The van der Waals surface area contributed by atoms with E-state index < -0.39 is 0 Å². The summed E-state index contributed by atoms with van der Waals surface area (Å²) in [5.74, 6) is 0. The molecule has 8 heteroatoms. The first-order valence-electron chi connectivity index (χ1n) is 9.13. The van der Waals surface area contributed by atoms with E-state index in [4.69, 9.17) is 0 Å². The van der Waals surface area contributed by atoms with Gasteiger partial charge in [-0.05, 0) is 25.0 Å². The molecule has 0 bridgehead atoms. The van der Waals surface area contributed by atoms with Crippen LogP contribution < -0.4 is 16.9 Å². The quantitative estimate of drug-likeness (QED) is 0.731. The van der Waals surface area contributed by atoms with Crippen molar-refractivity contribution in [1.82, 2.24) is 23.6 Å². The SMILES string of the molecule is Cn1c(CN2CCC(n3c(=O)[nH]c4ccccc43)CC2)cc(=O)n(C)c1=O. The Morgan fingerprint density at radius 1 is 1.04 bits per heavy atom. The fourth-order valence-electron chi connectivity index (χ4n) is 3.93. The number of hydrogen-bond acceptors (Lipinski definition) is 4. The average molecular weight is 369 g/mol. The maximum Gasteiger partial charge on any atom is 0.330 e. The summed E-state index contributed by atoms with van der Waals surface area (Å²) in [5, 5.41) is 0. The summed E-state index contributed by atoms with van der Waals surface area (Å²) in [6.45, 7) is 2.16. The van der Waals surface area contributed by atoms with Crippen LogP contribution in [0.1, 0.15) is 24.6 Å². The summed E-state index contributed by atoms with van der Waals surface area (Å²) < 4.78 is 4.50. The van der Waals surface area contributed by atoms with Crippen LogP contribution in [0.3, 0.4) is 0 Å². The number of rotatable bonds is 3. The van der Waals surface area contributed by atoms with Crippen LogP contribution in [0, 0.1) is 0 Å². The van der Waals surface area contributed by atoms with Crippen molar-refractivity contribution in [3.8, 4) is 0 Å². The third kappa shape index (κ3) is 3.06. The van der Waals surface area contributed by atoms with Gasteiger partial charge >= 0.3 is 11.4 Å². The molecule has 3 heterocycles. The number of hydrogen-bond donors (Lipinski definition) is 1. The second-order valence-corrected chi connectivity index (χ2v) is 7.20. The van der Waals surface area contributed by atoms with Gasteiger partial charge in [0.1, 0.15) is 0 Å². The van der Waals surface area contributed by atoms with E-state index in [9.17, 15) is 14.4 Å². The molecule has 1 saturated heterocycles. The van der Waals surface area contributed by atoms with Gasteiger partial charge in [-0.15, -0.1) is 0 Å². The highest BCUT2D eigenvalue weighted by atomic mass is 16.2. The Kier molecular flexibility index (Phi) is 4.35. The lowest BCUT2D eigenvalue weighted by Crippen LogP contribution is -2.41. The molecule has 1 aromatic carbocycles. The van der Waals surface area contributed by atoms with Crippen LogP contribution in [0.15, 0.2) is 44.7 Å². The molecule has 1 N–H and O–H groups in total. The third-order valence-electron chi connectivity index (χ3n) is 5.56. The minimum Gasteiger partial charge on any atom is -0.306 e. The van der Waals surface area contributed by atoms with Gasteiger partial charge in [-0.3, -0.25) is 23.4 Å². The zero-order valence-corrected chi connectivity index (χ0v) is 15.5.